The fraction of sp³-hybridized carbons (Fsp3) is 0.138. The number of nitrogens with zero attached hydrogens (tertiary/aromatic N) is 3. The Kier molecular flexibility index (Phi) is 10.6. The summed E-state index contributed by atoms with van der Waals surface area (Å²) in [4.78, 5) is 0. The SMILES string of the molecule is C=C1CC2C(CCc3ccc4c(oc5ccc(-c6ccc(C(F)(F)F)cc6)cc54)c3-c3n(-c4cc(-c5ccccc5)ccc4-c4ccccc4)c4c(F)cccc4[n+]31)c1ccccc1-c1ccc([Si](C)(C)C)c[n+]12. The molecule has 8 aromatic carbocycles. The summed E-state index contributed by atoms with van der Waals surface area (Å²) >= 11 is 0. The molecule has 74 heavy (non-hydrogen) atoms. The van der Waals surface area contributed by atoms with E-state index in [0.29, 0.717) is 40.6 Å². The van der Waals surface area contributed by atoms with Crippen molar-refractivity contribution in [1.29, 1.82) is 0 Å². The molecule has 13 rings (SSSR count). The Hall–Kier alpha value is -8.14. The zero-order valence-corrected chi connectivity index (χ0v) is 42.2. The first-order valence-corrected chi connectivity index (χ1v) is 28.8. The number of alkyl halides is 3. The van der Waals surface area contributed by atoms with Gasteiger partial charge in [0.1, 0.15) is 22.5 Å². The average Bonchev–Trinajstić information content (AvgIpc) is 4.00. The van der Waals surface area contributed by atoms with Crippen LogP contribution in [0.25, 0.3) is 100 Å². The first kappa shape index (κ1) is 45.7. The van der Waals surface area contributed by atoms with E-state index in [9.17, 15) is 13.2 Å². The number of pyridine rings is 1. The number of hydrogen-bond acceptors (Lipinski definition) is 1. The Bertz CT molecular complexity index is 4060. The van der Waals surface area contributed by atoms with Gasteiger partial charge in [0.05, 0.1) is 20.1 Å². The third kappa shape index (κ3) is 7.46. The van der Waals surface area contributed by atoms with E-state index < -0.39 is 19.8 Å². The number of allylic oxidation sites excluding steroid dienone is 1. The molecule has 0 aliphatic carbocycles. The van der Waals surface area contributed by atoms with Gasteiger partial charge in [0, 0.05) is 39.1 Å². The van der Waals surface area contributed by atoms with Crippen LogP contribution in [-0.4, -0.2) is 12.6 Å². The quantitative estimate of drug-likeness (QED) is 0.0958. The second-order valence-electron chi connectivity index (χ2n) is 21.0. The van der Waals surface area contributed by atoms with E-state index >= 15 is 4.39 Å². The van der Waals surface area contributed by atoms with Crippen molar-refractivity contribution in [3.63, 3.8) is 0 Å². The number of fused-ring (bicyclic) bond motifs is 15. The van der Waals surface area contributed by atoms with Gasteiger partial charge in [-0.3, -0.25) is 0 Å². The van der Waals surface area contributed by atoms with Crippen LogP contribution in [-0.2, 0) is 12.6 Å². The summed E-state index contributed by atoms with van der Waals surface area (Å²) in [6.45, 7) is 12.2. The standard InChI is InChI=1S/C65H51F4N3OSi/c1-40-36-58-52(50-18-11-12-19-51(50)56-34-30-48(39-70(56)58)74(2,3)4)32-24-44-25-33-53-54-37-45(42-22-28-47(29-23-42)65(67,68)69)27-35-60(54)73-63(53)61(44)64-71(40)57-21-13-20-55(66)62(57)72(64)59-38-46(41-14-7-5-8-15-41)26-31-49(59)43-16-9-6-10-17-43/h5-23,25-31,33-35,37-39,52,58H,1,24,32,36H2,2-4H3/q+2. The number of imidazole rings is 1. The fourth-order valence-electron chi connectivity index (χ4n) is 11.9. The second kappa shape index (κ2) is 17.2. The zero-order chi connectivity index (χ0) is 50.6. The largest absolute Gasteiger partial charge is 0.455 e. The zero-order valence-electron chi connectivity index (χ0n) is 41.2. The third-order valence-electron chi connectivity index (χ3n) is 15.6. The summed E-state index contributed by atoms with van der Waals surface area (Å²) in [5, 5.41) is 3.03. The van der Waals surface area contributed by atoms with E-state index in [4.69, 9.17) is 11.0 Å². The minimum Gasteiger partial charge on any atom is -0.455 e. The summed E-state index contributed by atoms with van der Waals surface area (Å²) in [6, 6.07) is 61.2. The average molecular weight is 994 g/mol. The van der Waals surface area contributed by atoms with Gasteiger partial charge >= 0.3 is 12.0 Å². The van der Waals surface area contributed by atoms with Crippen molar-refractivity contribution in [2.75, 3.05) is 0 Å². The van der Waals surface area contributed by atoms with Gasteiger partial charge in [-0.1, -0.05) is 154 Å². The van der Waals surface area contributed by atoms with Gasteiger partial charge in [-0.05, 0) is 106 Å². The van der Waals surface area contributed by atoms with Crippen molar-refractivity contribution >= 4 is 51.9 Å². The summed E-state index contributed by atoms with van der Waals surface area (Å²) < 4.78 is 72.7. The smallest absolute Gasteiger partial charge is 0.416 e. The van der Waals surface area contributed by atoms with Gasteiger partial charge in [-0.25, -0.2) is 4.39 Å². The number of aromatic nitrogens is 3. The van der Waals surface area contributed by atoms with Crippen molar-refractivity contribution in [3.8, 4) is 61.7 Å². The summed E-state index contributed by atoms with van der Waals surface area (Å²) in [5.41, 5.74) is 14.1. The van der Waals surface area contributed by atoms with Crippen LogP contribution in [0.2, 0.25) is 19.6 Å². The Morgan fingerprint density at radius 1 is 0.649 bits per heavy atom. The molecule has 2 aliphatic rings. The first-order chi connectivity index (χ1) is 35.8. The lowest BCUT2D eigenvalue weighted by molar-refractivity contribution is -0.719. The number of furan rings is 1. The van der Waals surface area contributed by atoms with Crippen molar-refractivity contribution in [1.82, 2.24) is 4.57 Å². The highest BCUT2D eigenvalue weighted by Gasteiger charge is 2.45. The normalized spacial score (nSPS) is 15.6. The molecule has 2 unspecified atom stereocenters. The molecular weight excluding hydrogens is 943 g/mol. The topological polar surface area (TPSA) is 25.8 Å². The lowest BCUT2D eigenvalue weighted by atomic mass is 9.77. The van der Waals surface area contributed by atoms with Gasteiger partial charge in [0.2, 0.25) is 11.2 Å². The van der Waals surface area contributed by atoms with Crippen LogP contribution in [0.4, 0.5) is 17.6 Å². The molecule has 4 nitrogen and oxygen atoms in total. The molecular formula is C65H51F4N3OSi+2. The van der Waals surface area contributed by atoms with Gasteiger partial charge in [-0.2, -0.15) is 26.9 Å². The lowest BCUT2D eigenvalue weighted by Crippen LogP contribution is -2.53. The number of aryl methyl sites for hydroxylation is 1. The van der Waals surface area contributed by atoms with E-state index in [1.807, 2.05) is 60.7 Å². The van der Waals surface area contributed by atoms with E-state index in [-0.39, 0.29) is 17.8 Å². The number of halogens is 4. The summed E-state index contributed by atoms with van der Waals surface area (Å²) in [5.74, 6) is 0.441. The van der Waals surface area contributed by atoms with Crippen molar-refractivity contribution in [2.45, 2.75) is 57.0 Å². The first-order valence-electron chi connectivity index (χ1n) is 25.3. The molecule has 0 bridgehead atoms. The Morgan fingerprint density at radius 3 is 2.09 bits per heavy atom. The molecule has 0 spiro atoms. The minimum absolute atomic E-state index is 0.0163. The highest BCUT2D eigenvalue weighted by atomic mass is 28.3. The molecule has 9 heteroatoms. The van der Waals surface area contributed by atoms with Crippen LogP contribution in [0, 0.1) is 5.82 Å². The van der Waals surface area contributed by atoms with Gasteiger partial charge < -0.3 is 4.42 Å². The number of hydrogen-bond donors (Lipinski definition) is 0. The van der Waals surface area contributed by atoms with E-state index in [0.717, 1.165) is 85.5 Å². The molecule has 0 saturated carbocycles. The van der Waals surface area contributed by atoms with Crippen LogP contribution >= 0.6 is 0 Å². The van der Waals surface area contributed by atoms with E-state index in [1.54, 1.807) is 12.1 Å². The van der Waals surface area contributed by atoms with Crippen molar-refractivity contribution in [3.05, 3.63) is 223 Å². The predicted octanol–water partition coefficient (Wildman–Crippen LogP) is 16.3. The molecule has 2 aliphatic heterocycles. The molecule has 0 fully saturated rings. The minimum atomic E-state index is -4.45. The van der Waals surface area contributed by atoms with Crippen molar-refractivity contribution < 1.29 is 31.1 Å². The molecule has 0 amide bonds. The predicted molar refractivity (Wildman–Crippen MR) is 293 cm³/mol. The van der Waals surface area contributed by atoms with Crippen LogP contribution in [0.3, 0.4) is 0 Å². The fourth-order valence-corrected chi connectivity index (χ4v) is 13.0. The maximum absolute atomic E-state index is 17.7. The van der Waals surface area contributed by atoms with E-state index in [1.165, 1.54) is 34.1 Å². The molecule has 11 aromatic rings. The number of benzene rings is 8. The highest BCUT2D eigenvalue weighted by molar-refractivity contribution is 6.88. The lowest BCUT2D eigenvalue weighted by Gasteiger charge is -2.32. The number of rotatable bonds is 5. The third-order valence-corrected chi connectivity index (χ3v) is 17.6. The molecule has 0 radical (unpaired) electrons. The second-order valence-corrected chi connectivity index (χ2v) is 26.0. The summed E-state index contributed by atoms with van der Waals surface area (Å²) in [6.07, 6.45) is 0.0103. The summed E-state index contributed by atoms with van der Waals surface area (Å²) in [7, 11) is -1.76. The monoisotopic (exact) mass is 993 g/mol. The van der Waals surface area contributed by atoms with Crippen molar-refractivity contribution in [2.24, 2.45) is 0 Å². The maximum atomic E-state index is 17.7. The Labute approximate surface area is 427 Å². The Morgan fingerprint density at radius 2 is 1.34 bits per heavy atom. The van der Waals surface area contributed by atoms with Gasteiger partial charge in [-0.15, -0.1) is 0 Å². The molecule has 2 atom stereocenters. The molecule has 0 N–H and O–H groups in total. The van der Waals surface area contributed by atoms with Crippen LogP contribution < -0.4 is 14.3 Å². The molecule has 3 aromatic heterocycles. The van der Waals surface area contributed by atoms with Crippen LogP contribution in [0.1, 0.15) is 41.5 Å². The van der Waals surface area contributed by atoms with Gasteiger partial charge in [0.25, 0.3) is 0 Å². The molecule has 0 saturated heterocycles. The maximum Gasteiger partial charge on any atom is 0.416 e. The van der Waals surface area contributed by atoms with Gasteiger partial charge in [0.15, 0.2) is 29.2 Å². The number of para-hydroxylation sites is 1. The highest BCUT2D eigenvalue weighted by Crippen LogP contribution is 2.48. The van der Waals surface area contributed by atoms with Crippen LogP contribution in [0.15, 0.2) is 205 Å². The molecule has 362 valence electrons. The van der Waals surface area contributed by atoms with E-state index in [2.05, 4.69) is 131 Å². The van der Waals surface area contributed by atoms with Crippen LogP contribution in [0.5, 0.6) is 0 Å². The molecule has 5 heterocycles. The Balaban J connectivity index is 1.13.